The summed E-state index contributed by atoms with van der Waals surface area (Å²) in [5.41, 5.74) is 4.47. The monoisotopic (exact) mass is 258 g/mol. The van der Waals surface area contributed by atoms with Crippen LogP contribution in [0.4, 0.5) is 5.69 Å². The lowest BCUT2D eigenvalue weighted by atomic mass is 9.60. The molecule has 3 heteroatoms. The van der Waals surface area contributed by atoms with Gasteiger partial charge in [-0.2, -0.15) is 5.26 Å². The fourth-order valence-electron chi connectivity index (χ4n) is 2.57. The number of hydrogen-bond acceptors (Lipinski definition) is 2. The second-order valence-electron chi connectivity index (χ2n) is 5.10. The van der Waals surface area contributed by atoms with Crippen molar-refractivity contribution in [3.63, 3.8) is 0 Å². The summed E-state index contributed by atoms with van der Waals surface area (Å²) in [5.74, 6) is 2.23. The molecule has 0 N–H and O–H groups in total. The number of benzene rings is 2. The maximum Gasteiger partial charge on any atom is 0.278 e. The molecule has 2 aromatic carbocycles. The van der Waals surface area contributed by atoms with Gasteiger partial charge in [0, 0.05) is 12.2 Å². The molecule has 0 amide bonds. The van der Waals surface area contributed by atoms with Gasteiger partial charge in [0.25, 0.3) is 6.85 Å². The normalized spacial score (nSPS) is 13.0. The molecule has 3 rings (SSSR count). The standard InChI is InChI=1S/C17H15BN2/c1-18-11-10-16-4-2-3-5-17(16)20(18)13-15-8-6-14(12-19)7-9-15/h2-11H,13H2,1H3. The van der Waals surface area contributed by atoms with E-state index in [4.69, 9.17) is 5.26 Å². The molecule has 1 aliphatic rings. The highest BCUT2D eigenvalue weighted by atomic mass is 15.1. The summed E-state index contributed by atoms with van der Waals surface area (Å²) in [4.78, 5) is 2.39. The average Bonchev–Trinajstić information content (AvgIpc) is 2.51. The van der Waals surface area contributed by atoms with Crippen LogP contribution >= 0.6 is 0 Å². The van der Waals surface area contributed by atoms with E-state index in [1.165, 1.54) is 16.8 Å². The molecule has 0 atom stereocenters. The average molecular weight is 258 g/mol. The van der Waals surface area contributed by atoms with Gasteiger partial charge >= 0.3 is 0 Å². The molecule has 0 radical (unpaired) electrons. The van der Waals surface area contributed by atoms with Crippen LogP contribution < -0.4 is 4.81 Å². The first-order chi connectivity index (χ1) is 9.78. The van der Waals surface area contributed by atoms with E-state index in [1.54, 1.807) is 0 Å². The minimum atomic E-state index is 0.376. The van der Waals surface area contributed by atoms with E-state index in [2.05, 4.69) is 54.0 Å². The third kappa shape index (κ3) is 2.33. The van der Waals surface area contributed by atoms with Gasteiger partial charge in [0.05, 0.1) is 11.6 Å². The van der Waals surface area contributed by atoms with E-state index < -0.39 is 0 Å². The molecule has 20 heavy (non-hydrogen) atoms. The molecule has 1 heterocycles. The van der Waals surface area contributed by atoms with Gasteiger partial charge in [-0.15, -0.1) is 0 Å². The molecule has 1 aliphatic heterocycles. The SMILES string of the molecule is CB1C=Cc2ccccc2N1Cc1ccc(C#N)cc1. The maximum absolute atomic E-state index is 8.85. The number of rotatable bonds is 2. The Morgan fingerprint density at radius 3 is 2.60 bits per heavy atom. The summed E-state index contributed by atoms with van der Waals surface area (Å²) in [7, 11) is 0. The number of anilines is 1. The third-order valence-electron chi connectivity index (χ3n) is 3.73. The van der Waals surface area contributed by atoms with Crippen molar-refractivity contribution in [2.24, 2.45) is 0 Å². The Labute approximate surface area is 120 Å². The molecule has 0 spiro atoms. The minimum Gasteiger partial charge on any atom is -0.407 e. The summed E-state index contributed by atoms with van der Waals surface area (Å²) in [6, 6.07) is 18.4. The molecule has 0 fully saturated rings. The van der Waals surface area contributed by atoms with Crippen molar-refractivity contribution < 1.29 is 0 Å². The van der Waals surface area contributed by atoms with Gasteiger partial charge in [-0.3, -0.25) is 0 Å². The number of fused-ring (bicyclic) bond motifs is 1. The molecule has 0 aromatic heterocycles. The second kappa shape index (κ2) is 5.26. The fraction of sp³-hybridized carbons (Fsp3) is 0.118. The zero-order chi connectivity index (χ0) is 13.9. The third-order valence-corrected chi connectivity index (χ3v) is 3.73. The highest BCUT2D eigenvalue weighted by Crippen LogP contribution is 2.28. The van der Waals surface area contributed by atoms with E-state index in [1.807, 2.05) is 24.3 Å². The predicted molar refractivity (Wildman–Crippen MR) is 84.4 cm³/mol. The molecular weight excluding hydrogens is 243 g/mol. The van der Waals surface area contributed by atoms with E-state index in [0.29, 0.717) is 12.4 Å². The summed E-state index contributed by atoms with van der Waals surface area (Å²) >= 11 is 0. The Morgan fingerprint density at radius 1 is 1.10 bits per heavy atom. The second-order valence-corrected chi connectivity index (χ2v) is 5.10. The van der Waals surface area contributed by atoms with Crippen molar-refractivity contribution in [2.75, 3.05) is 4.81 Å². The Bertz CT molecular complexity index is 683. The lowest BCUT2D eigenvalue weighted by molar-refractivity contribution is 1.02. The molecule has 0 bridgehead atoms. The summed E-state index contributed by atoms with van der Waals surface area (Å²) in [5, 5.41) is 8.85. The van der Waals surface area contributed by atoms with E-state index in [0.717, 1.165) is 6.54 Å². The lowest BCUT2D eigenvalue weighted by Gasteiger charge is -2.32. The fourth-order valence-corrected chi connectivity index (χ4v) is 2.57. The van der Waals surface area contributed by atoms with Crippen LogP contribution in [0, 0.1) is 11.3 Å². The van der Waals surface area contributed by atoms with Crippen LogP contribution in [0.15, 0.2) is 54.5 Å². The number of hydrogen-bond donors (Lipinski definition) is 0. The quantitative estimate of drug-likeness (QED) is 0.767. The molecular formula is C17H15BN2. The number of nitriles is 1. The van der Waals surface area contributed by atoms with Gasteiger partial charge in [-0.1, -0.05) is 49.2 Å². The smallest absolute Gasteiger partial charge is 0.278 e. The van der Waals surface area contributed by atoms with Crippen molar-refractivity contribution in [3.05, 3.63) is 71.2 Å². The van der Waals surface area contributed by atoms with Crippen LogP contribution in [0.25, 0.3) is 6.08 Å². The van der Waals surface area contributed by atoms with Gasteiger partial charge in [-0.05, 0) is 29.3 Å². The van der Waals surface area contributed by atoms with Gasteiger partial charge < -0.3 is 4.81 Å². The van der Waals surface area contributed by atoms with Crippen LogP contribution in [-0.2, 0) is 6.54 Å². The van der Waals surface area contributed by atoms with Gasteiger partial charge in [0.2, 0.25) is 0 Å². The van der Waals surface area contributed by atoms with E-state index >= 15 is 0 Å². The van der Waals surface area contributed by atoms with Crippen molar-refractivity contribution in [3.8, 4) is 6.07 Å². The minimum absolute atomic E-state index is 0.376. The molecule has 0 saturated heterocycles. The highest BCUT2D eigenvalue weighted by Gasteiger charge is 2.21. The predicted octanol–water partition coefficient (Wildman–Crippen LogP) is 3.75. The summed E-state index contributed by atoms with van der Waals surface area (Å²) in [6.07, 6.45) is 2.19. The van der Waals surface area contributed by atoms with Gasteiger partial charge in [0.1, 0.15) is 0 Å². The molecule has 2 aromatic rings. The maximum atomic E-state index is 8.85. The molecule has 2 nitrogen and oxygen atoms in total. The van der Waals surface area contributed by atoms with E-state index in [-0.39, 0.29) is 0 Å². The topological polar surface area (TPSA) is 27.0 Å². The molecule has 96 valence electrons. The van der Waals surface area contributed by atoms with E-state index in [9.17, 15) is 0 Å². The summed E-state index contributed by atoms with van der Waals surface area (Å²) in [6.45, 7) is 3.44. The van der Waals surface area contributed by atoms with Crippen molar-refractivity contribution in [2.45, 2.75) is 13.4 Å². The summed E-state index contributed by atoms with van der Waals surface area (Å²) < 4.78 is 0. The first kappa shape index (κ1) is 12.6. The largest absolute Gasteiger partial charge is 0.407 e. The first-order valence-corrected chi connectivity index (χ1v) is 6.81. The zero-order valence-corrected chi connectivity index (χ0v) is 11.5. The van der Waals surface area contributed by atoms with Crippen LogP contribution in [0.2, 0.25) is 6.82 Å². The van der Waals surface area contributed by atoms with Crippen LogP contribution in [0.5, 0.6) is 0 Å². The van der Waals surface area contributed by atoms with Gasteiger partial charge in [-0.25, -0.2) is 0 Å². The Balaban J connectivity index is 1.89. The van der Waals surface area contributed by atoms with Crippen LogP contribution in [0.1, 0.15) is 16.7 Å². The Hall–Kier alpha value is -2.47. The Morgan fingerprint density at radius 2 is 1.85 bits per heavy atom. The number of para-hydroxylation sites is 1. The number of nitrogens with zero attached hydrogens (tertiary/aromatic N) is 2. The lowest BCUT2D eigenvalue weighted by Crippen LogP contribution is -2.37. The van der Waals surface area contributed by atoms with Crippen molar-refractivity contribution in [1.29, 1.82) is 5.26 Å². The van der Waals surface area contributed by atoms with Crippen LogP contribution in [-0.4, -0.2) is 6.85 Å². The molecule has 0 aliphatic carbocycles. The first-order valence-electron chi connectivity index (χ1n) is 6.81. The molecule has 0 saturated carbocycles. The molecule has 0 unspecified atom stereocenters. The Kier molecular flexibility index (Phi) is 3.31. The highest BCUT2D eigenvalue weighted by molar-refractivity contribution is 6.68. The van der Waals surface area contributed by atoms with Crippen molar-refractivity contribution >= 4 is 18.6 Å². The zero-order valence-electron chi connectivity index (χ0n) is 11.5. The van der Waals surface area contributed by atoms with Crippen molar-refractivity contribution in [1.82, 2.24) is 0 Å². The van der Waals surface area contributed by atoms with Gasteiger partial charge in [0.15, 0.2) is 0 Å². The van der Waals surface area contributed by atoms with Crippen LogP contribution in [0.3, 0.4) is 0 Å².